The Bertz CT molecular complexity index is 1160. The van der Waals surface area contributed by atoms with Crippen molar-refractivity contribution in [1.29, 1.82) is 0 Å². The fourth-order valence-electron chi connectivity index (χ4n) is 5.37. The molecule has 0 saturated carbocycles. The third kappa shape index (κ3) is 4.95. The number of nitrogens with zero attached hydrogens (tertiary/aromatic N) is 5. The molecule has 0 unspecified atom stereocenters. The van der Waals surface area contributed by atoms with E-state index in [0.29, 0.717) is 30.3 Å². The first-order valence-electron chi connectivity index (χ1n) is 12.9. The number of benzene rings is 1. The average Bonchev–Trinajstić information content (AvgIpc) is 2.93. The Morgan fingerprint density at radius 2 is 1.81 bits per heavy atom. The molecule has 2 saturated heterocycles. The second-order valence-corrected chi connectivity index (χ2v) is 10.00. The first-order valence-corrected chi connectivity index (χ1v) is 12.9. The van der Waals surface area contributed by atoms with E-state index >= 15 is 0 Å². The van der Waals surface area contributed by atoms with Crippen LogP contribution in [-0.2, 0) is 9.53 Å². The summed E-state index contributed by atoms with van der Waals surface area (Å²) in [6, 6.07) is 9.15. The molecule has 198 valence electrons. The Kier molecular flexibility index (Phi) is 7.21. The fourth-order valence-corrected chi connectivity index (χ4v) is 5.37. The van der Waals surface area contributed by atoms with E-state index in [0.717, 1.165) is 56.2 Å². The monoisotopic (exact) mass is 508 g/mol. The molecule has 37 heavy (non-hydrogen) atoms. The summed E-state index contributed by atoms with van der Waals surface area (Å²) < 4.78 is 11.2. The van der Waals surface area contributed by atoms with Crippen molar-refractivity contribution in [3.63, 3.8) is 0 Å². The molecule has 3 aliphatic heterocycles. The number of fused-ring (bicyclic) bond motifs is 1. The van der Waals surface area contributed by atoms with Crippen LogP contribution >= 0.6 is 0 Å². The van der Waals surface area contributed by atoms with Crippen molar-refractivity contribution in [2.24, 2.45) is 0 Å². The highest BCUT2D eigenvalue weighted by Crippen LogP contribution is 2.39. The lowest BCUT2D eigenvalue weighted by molar-refractivity contribution is -0.119. The van der Waals surface area contributed by atoms with E-state index in [-0.39, 0.29) is 23.9 Å². The summed E-state index contributed by atoms with van der Waals surface area (Å²) in [4.78, 5) is 38.9. The minimum atomic E-state index is -0.308. The normalized spacial score (nSPS) is 21.1. The van der Waals surface area contributed by atoms with Crippen LogP contribution in [0.15, 0.2) is 30.3 Å². The van der Waals surface area contributed by atoms with Crippen LogP contribution in [0, 0.1) is 0 Å². The Balaban J connectivity index is 1.41. The van der Waals surface area contributed by atoms with Gasteiger partial charge in [-0.1, -0.05) is 0 Å². The van der Waals surface area contributed by atoms with Crippen molar-refractivity contribution in [3.05, 3.63) is 35.9 Å². The number of nitrogens with one attached hydrogen (secondary N) is 1. The predicted octanol–water partition coefficient (Wildman–Crippen LogP) is 2.57. The average molecular weight is 509 g/mol. The summed E-state index contributed by atoms with van der Waals surface area (Å²) in [5, 5.41) is 3.37. The number of pyridine rings is 1. The number of hydrogen-bond donors (Lipinski definition) is 1. The summed E-state index contributed by atoms with van der Waals surface area (Å²) in [6.45, 7) is 6.49. The van der Waals surface area contributed by atoms with Crippen LogP contribution in [0.5, 0.6) is 5.75 Å². The van der Waals surface area contributed by atoms with Crippen molar-refractivity contribution in [3.8, 4) is 5.75 Å². The molecule has 0 spiro atoms. The zero-order chi connectivity index (χ0) is 26.1. The minimum Gasteiger partial charge on any atom is -0.495 e. The molecule has 2 amide bonds. The van der Waals surface area contributed by atoms with Gasteiger partial charge in [0.25, 0.3) is 5.91 Å². The lowest BCUT2D eigenvalue weighted by Crippen LogP contribution is -2.56. The van der Waals surface area contributed by atoms with Crippen LogP contribution < -0.4 is 19.9 Å². The zero-order valence-corrected chi connectivity index (χ0v) is 22.1. The van der Waals surface area contributed by atoms with E-state index < -0.39 is 0 Å². The van der Waals surface area contributed by atoms with Gasteiger partial charge in [0, 0.05) is 58.0 Å². The summed E-state index contributed by atoms with van der Waals surface area (Å²) in [5.41, 5.74) is 2.11. The Labute approximate surface area is 218 Å². The van der Waals surface area contributed by atoms with Crippen molar-refractivity contribution in [2.45, 2.75) is 31.8 Å². The number of amides is 2. The van der Waals surface area contributed by atoms with Crippen molar-refractivity contribution in [2.75, 3.05) is 75.7 Å². The highest BCUT2D eigenvalue weighted by atomic mass is 16.5. The van der Waals surface area contributed by atoms with Crippen LogP contribution in [0.1, 0.15) is 30.1 Å². The fraction of sp³-hybridized carbons (Fsp3) is 0.519. The third-order valence-corrected chi connectivity index (χ3v) is 7.65. The number of ether oxygens (including phenoxy) is 2. The number of carbonyl (C=O) groups excluding carboxylic acids is 2. The van der Waals surface area contributed by atoms with Crippen LogP contribution in [0.4, 0.5) is 23.0 Å². The minimum absolute atomic E-state index is 0.0126. The number of likely N-dealkylation sites (N-methyl/N-ethyl adjacent to an activating group) is 2. The largest absolute Gasteiger partial charge is 0.495 e. The molecule has 1 aromatic heterocycles. The number of carbonyl (C=O) groups is 2. The number of rotatable bonds is 5. The zero-order valence-electron chi connectivity index (χ0n) is 22.1. The van der Waals surface area contributed by atoms with E-state index in [1.54, 1.807) is 25.1 Å². The quantitative estimate of drug-likeness (QED) is 0.659. The van der Waals surface area contributed by atoms with Crippen LogP contribution in [0.3, 0.4) is 0 Å². The molecule has 2 aromatic rings. The molecule has 0 aliphatic carbocycles. The van der Waals surface area contributed by atoms with Crippen molar-refractivity contribution >= 4 is 34.8 Å². The van der Waals surface area contributed by atoms with Gasteiger partial charge in [-0.2, -0.15) is 0 Å². The molecule has 0 bridgehead atoms. The lowest BCUT2D eigenvalue weighted by atomic mass is 10.0. The highest BCUT2D eigenvalue weighted by Gasteiger charge is 2.39. The molecule has 3 aliphatic rings. The molecule has 0 radical (unpaired) electrons. The standard InChI is InChI=1S/C27H36N6O4/c1-18-26(34)31(3)22-7-8-24(29-25(22)33(18)20-9-15-37-16-10-20)28-21-6-5-19(17-23(21)36-4)27(35)32-13-11-30(2)12-14-32/h5-8,17-18,20H,9-16H2,1-4H3,(H,28,29)/t18-/m1/s1. The first kappa shape index (κ1) is 25.3. The number of aromatic nitrogens is 1. The van der Waals surface area contributed by atoms with E-state index in [1.165, 1.54) is 0 Å². The SMILES string of the molecule is COc1cc(C(=O)N2CCN(C)CC2)ccc1Nc1ccc2c(n1)N(C1CCOCC1)[C@H](C)C(=O)N2C. The molecular weight excluding hydrogens is 472 g/mol. The second-order valence-electron chi connectivity index (χ2n) is 10.00. The van der Waals surface area contributed by atoms with E-state index in [1.807, 2.05) is 36.1 Å². The predicted molar refractivity (Wildman–Crippen MR) is 143 cm³/mol. The summed E-state index contributed by atoms with van der Waals surface area (Å²) in [5.74, 6) is 2.07. The Hall–Kier alpha value is -3.37. The third-order valence-electron chi connectivity index (χ3n) is 7.65. The van der Waals surface area contributed by atoms with E-state index in [2.05, 4.69) is 22.2 Å². The Morgan fingerprint density at radius 3 is 2.51 bits per heavy atom. The first-order chi connectivity index (χ1) is 17.9. The van der Waals surface area contributed by atoms with Crippen LogP contribution in [0.25, 0.3) is 0 Å². The number of methoxy groups -OCH3 is 1. The Morgan fingerprint density at radius 1 is 1.08 bits per heavy atom. The summed E-state index contributed by atoms with van der Waals surface area (Å²) in [6.07, 6.45) is 1.72. The maximum Gasteiger partial charge on any atom is 0.254 e. The van der Waals surface area contributed by atoms with Gasteiger partial charge in [0.05, 0.1) is 18.5 Å². The van der Waals surface area contributed by atoms with Gasteiger partial charge in [0.15, 0.2) is 5.82 Å². The topological polar surface area (TPSA) is 90.5 Å². The van der Waals surface area contributed by atoms with E-state index in [4.69, 9.17) is 14.5 Å². The smallest absolute Gasteiger partial charge is 0.254 e. The van der Waals surface area contributed by atoms with Gasteiger partial charge < -0.3 is 34.4 Å². The van der Waals surface area contributed by atoms with Gasteiger partial charge in [-0.3, -0.25) is 9.59 Å². The van der Waals surface area contributed by atoms with Gasteiger partial charge in [-0.15, -0.1) is 0 Å². The van der Waals surface area contributed by atoms with Gasteiger partial charge in [-0.05, 0) is 57.1 Å². The van der Waals surface area contributed by atoms with E-state index in [9.17, 15) is 9.59 Å². The molecule has 10 heteroatoms. The molecule has 4 heterocycles. The molecular formula is C27H36N6O4. The summed E-state index contributed by atoms with van der Waals surface area (Å²) in [7, 11) is 5.46. The lowest BCUT2D eigenvalue weighted by Gasteiger charge is -2.44. The van der Waals surface area contributed by atoms with Crippen LogP contribution in [0.2, 0.25) is 0 Å². The van der Waals surface area contributed by atoms with Gasteiger partial charge >= 0.3 is 0 Å². The number of piperazine rings is 1. The van der Waals surface area contributed by atoms with Gasteiger partial charge in [0.2, 0.25) is 5.91 Å². The molecule has 1 N–H and O–H groups in total. The molecule has 1 aromatic carbocycles. The van der Waals surface area contributed by atoms with Crippen LogP contribution in [-0.4, -0.2) is 99.3 Å². The van der Waals surface area contributed by atoms with Crippen molar-refractivity contribution < 1.29 is 19.1 Å². The molecule has 10 nitrogen and oxygen atoms in total. The maximum absolute atomic E-state index is 13.1. The summed E-state index contributed by atoms with van der Waals surface area (Å²) >= 11 is 0. The molecule has 1 atom stereocenters. The van der Waals surface area contributed by atoms with Crippen molar-refractivity contribution in [1.82, 2.24) is 14.8 Å². The highest BCUT2D eigenvalue weighted by molar-refractivity contribution is 6.04. The second kappa shape index (κ2) is 10.5. The van der Waals surface area contributed by atoms with Gasteiger partial charge in [-0.25, -0.2) is 4.98 Å². The molecule has 2 fully saturated rings. The number of hydrogen-bond acceptors (Lipinski definition) is 8. The molecule has 5 rings (SSSR count). The van der Waals surface area contributed by atoms with Gasteiger partial charge in [0.1, 0.15) is 17.6 Å². The maximum atomic E-state index is 13.1. The number of anilines is 4.